The smallest absolute Gasteiger partial charge is 0.245 e. The van der Waals surface area contributed by atoms with Gasteiger partial charge in [-0.2, -0.15) is 4.31 Å². The molecule has 0 aromatic heterocycles. The monoisotopic (exact) mass is 525 g/mol. The van der Waals surface area contributed by atoms with Gasteiger partial charge in [-0.15, -0.1) is 0 Å². The van der Waals surface area contributed by atoms with Crippen LogP contribution in [0.25, 0.3) is 0 Å². The van der Waals surface area contributed by atoms with Crippen LogP contribution in [0.3, 0.4) is 0 Å². The predicted molar refractivity (Wildman–Crippen MR) is 127 cm³/mol. The zero-order valence-electron chi connectivity index (χ0n) is 18.8. The molecule has 0 saturated carbocycles. The van der Waals surface area contributed by atoms with Crippen molar-refractivity contribution in [2.75, 3.05) is 31.1 Å². The molecule has 0 bridgehead atoms. The van der Waals surface area contributed by atoms with Gasteiger partial charge in [-0.25, -0.2) is 8.42 Å². The third-order valence-electron chi connectivity index (χ3n) is 7.10. The zero-order chi connectivity index (χ0) is 23.0. The Labute approximate surface area is 199 Å². The average molecular weight is 526 g/mol. The number of nitrogens with zero attached hydrogens (tertiary/aromatic N) is 3. The first-order valence-corrected chi connectivity index (χ1v) is 13.9. The van der Waals surface area contributed by atoms with Crippen molar-refractivity contribution in [2.45, 2.75) is 69.7 Å². The molecule has 0 spiro atoms. The summed E-state index contributed by atoms with van der Waals surface area (Å²) in [6, 6.07) is 3.79. The Balaban J connectivity index is 1.54. The minimum Gasteiger partial charge on any atom is -0.340 e. The van der Waals surface area contributed by atoms with Crippen LogP contribution in [0.5, 0.6) is 0 Å². The lowest BCUT2D eigenvalue weighted by molar-refractivity contribution is -0.140. The van der Waals surface area contributed by atoms with Gasteiger partial charge in [-0.05, 0) is 63.1 Å². The molecule has 1 aromatic carbocycles. The van der Waals surface area contributed by atoms with Crippen LogP contribution in [0.15, 0.2) is 21.5 Å². The van der Waals surface area contributed by atoms with Crippen LogP contribution >= 0.6 is 15.9 Å². The molecule has 3 aliphatic heterocycles. The molecule has 3 aliphatic rings. The number of piperidine rings is 2. The van der Waals surface area contributed by atoms with E-state index in [9.17, 15) is 18.0 Å². The van der Waals surface area contributed by atoms with Crippen LogP contribution in [-0.2, 0) is 26.0 Å². The van der Waals surface area contributed by atoms with Crippen molar-refractivity contribution in [1.82, 2.24) is 9.21 Å². The molecule has 176 valence electrons. The Kier molecular flexibility index (Phi) is 6.98. The van der Waals surface area contributed by atoms with Crippen molar-refractivity contribution in [2.24, 2.45) is 5.92 Å². The van der Waals surface area contributed by atoms with Crippen molar-refractivity contribution in [1.29, 1.82) is 0 Å². The molecule has 3 heterocycles. The third-order valence-corrected chi connectivity index (χ3v) is 9.47. The number of carbonyl (C=O) groups is 2. The summed E-state index contributed by atoms with van der Waals surface area (Å²) in [5.74, 6) is -0.00631. The average Bonchev–Trinajstić information content (AvgIpc) is 3.21. The van der Waals surface area contributed by atoms with Gasteiger partial charge in [0, 0.05) is 49.0 Å². The molecular weight excluding hydrogens is 494 g/mol. The summed E-state index contributed by atoms with van der Waals surface area (Å²) in [4.78, 5) is 29.3. The number of halogens is 1. The Hall–Kier alpha value is -1.45. The minimum atomic E-state index is -3.78. The fourth-order valence-electron chi connectivity index (χ4n) is 5.25. The lowest BCUT2D eigenvalue weighted by atomic mass is 9.94. The highest BCUT2D eigenvalue weighted by atomic mass is 79.9. The first kappa shape index (κ1) is 23.7. The predicted octanol–water partition coefficient (Wildman–Crippen LogP) is 3.55. The maximum atomic E-state index is 13.7. The summed E-state index contributed by atoms with van der Waals surface area (Å²) >= 11 is 3.45. The summed E-state index contributed by atoms with van der Waals surface area (Å²) in [6.07, 6.45) is 5.30. The van der Waals surface area contributed by atoms with Crippen molar-refractivity contribution in [3.05, 3.63) is 22.2 Å². The molecule has 0 radical (unpaired) electrons. The van der Waals surface area contributed by atoms with Crippen LogP contribution < -0.4 is 4.90 Å². The van der Waals surface area contributed by atoms with E-state index in [4.69, 9.17) is 0 Å². The second kappa shape index (κ2) is 9.43. The van der Waals surface area contributed by atoms with Gasteiger partial charge in [-0.1, -0.05) is 22.9 Å². The maximum absolute atomic E-state index is 13.7. The van der Waals surface area contributed by atoms with Crippen LogP contribution in [0.1, 0.15) is 57.9 Å². The lowest BCUT2D eigenvalue weighted by Crippen LogP contribution is -2.48. The lowest BCUT2D eigenvalue weighted by Gasteiger charge is -2.38. The van der Waals surface area contributed by atoms with Crippen molar-refractivity contribution < 1.29 is 18.0 Å². The number of rotatable bonds is 4. The summed E-state index contributed by atoms with van der Waals surface area (Å²) in [5, 5.41) is 0. The van der Waals surface area contributed by atoms with E-state index < -0.39 is 10.0 Å². The van der Waals surface area contributed by atoms with Crippen molar-refractivity contribution in [3.8, 4) is 0 Å². The minimum absolute atomic E-state index is 0.0671. The van der Waals surface area contributed by atoms with E-state index in [0.29, 0.717) is 55.5 Å². The first-order valence-electron chi connectivity index (χ1n) is 11.7. The second-order valence-electron chi connectivity index (χ2n) is 9.12. The molecular formula is C23H32BrN3O4S. The van der Waals surface area contributed by atoms with Gasteiger partial charge >= 0.3 is 0 Å². The van der Waals surface area contributed by atoms with Gasteiger partial charge in [-0.3, -0.25) is 9.59 Å². The number of anilines is 1. The molecule has 1 atom stereocenters. The van der Waals surface area contributed by atoms with Gasteiger partial charge in [0.1, 0.15) is 4.90 Å². The maximum Gasteiger partial charge on any atom is 0.245 e. The Morgan fingerprint density at radius 1 is 1.06 bits per heavy atom. The molecule has 2 saturated heterocycles. The standard InChI is InChI=1S/C23H32BrN3O4S/c1-3-21(28)27-13-9-18-14-19(24)15-20(22(18)27)32(30,31)25-11-7-17(8-12-25)23(29)26-10-5-4-6-16(26)2/h14-17H,3-13H2,1-2H3/t16-/m0/s1. The van der Waals surface area contributed by atoms with Crippen LogP contribution in [0.4, 0.5) is 5.69 Å². The Morgan fingerprint density at radius 2 is 1.78 bits per heavy atom. The molecule has 9 heteroatoms. The van der Waals surface area contributed by atoms with Gasteiger partial charge in [0.25, 0.3) is 0 Å². The van der Waals surface area contributed by atoms with E-state index in [-0.39, 0.29) is 28.7 Å². The summed E-state index contributed by atoms with van der Waals surface area (Å²) in [5.41, 5.74) is 1.41. The molecule has 1 aromatic rings. The van der Waals surface area contributed by atoms with Crippen LogP contribution in [-0.4, -0.2) is 61.7 Å². The zero-order valence-corrected chi connectivity index (χ0v) is 21.3. The number of carbonyl (C=O) groups excluding carboxylic acids is 2. The van der Waals surface area contributed by atoms with E-state index in [1.807, 2.05) is 11.0 Å². The molecule has 2 amide bonds. The highest BCUT2D eigenvalue weighted by molar-refractivity contribution is 9.10. The molecule has 0 N–H and O–H groups in total. The van der Waals surface area contributed by atoms with Gasteiger partial charge in [0.05, 0.1) is 5.69 Å². The van der Waals surface area contributed by atoms with Gasteiger partial charge < -0.3 is 9.80 Å². The number of benzene rings is 1. The quantitative estimate of drug-likeness (QED) is 0.602. The van der Waals surface area contributed by atoms with E-state index in [0.717, 1.165) is 31.4 Å². The summed E-state index contributed by atoms with van der Waals surface area (Å²) < 4.78 is 29.5. The van der Waals surface area contributed by atoms with Crippen molar-refractivity contribution in [3.63, 3.8) is 0 Å². The second-order valence-corrected chi connectivity index (χ2v) is 11.9. The highest BCUT2D eigenvalue weighted by Crippen LogP contribution is 2.40. The molecule has 7 nitrogen and oxygen atoms in total. The largest absolute Gasteiger partial charge is 0.340 e. The molecule has 2 fully saturated rings. The number of amides is 2. The van der Waals surface area contributed by atoms with Crippen LogP contribution in [0.2, 0.25) is 0 Å². The summed E-state index contributed by atoms with van der Waals surface area (Å²) in [7, 11) is -3.78. The third kappa shape index (κ3) is 4.35. The topological polar surface area (TPSA) is 78.0 Å². The molecule has 32 heavy (non-hydrogen) atoms. The van der Waals surface area contributed by atoms with E-state index in [1.165, 1.54) is 4.31 Å². The van der Waals surface area contributed by atoms with Gasteiger partial charge in [0.2, 0.25) is 21.8 Å². The summed E-state index contributed by atoms with van der Waals surface area (Å²) in [6.45, 7) is 5.86. The highest BCUT2D eigenvalue weighted by Gasteiger charge is 2.39. The number of fused-ring (bicyclic) bond motifs is 1. The fraction of sp³-hybridized carbons (Fsp3) is 0.652. The number of sulfonamides is 1. The number of hydrogen-bond acceptors (Lipinski definition) is 4. The normalized spacial score (nSPS) is 22.8. The molecule has 4 rings (SSSR count). The molecule has 0 aliphatic carbocycles. The number of likely N-dealkylation sites (tertiary alicyclic amines) is 1. The van der Waals surface area contributed by atoms with E-state index in [1.54, 1.807) is 17.9 Å². The number of hydrogen-bond donors (Lipinski definition) is 0. The van der Waals surface area contributed by atoms with Crippen molar-refractivity contribution >= 4 is 43.5 Å². The van der Waals surface area contributed by atoms with Gasteiger partial charge in [0.15, 0.2) is 0 Å². The fourth-order valence-corrected chi connectivity index (χ4v) is 7.64. The van der Waals surface area contributed by atoms with E-state index >= 15 is 0 Å². The molecule has 0 unspecified atom stereocenters. The first-order chi connectivity index (χ1) is 15.2. The SMILES string of the molecule is CCC(=O)N1CCc2cc(Br)cc(S(=O)(=O)N3CCC(C(=O)N4CCCC[C@@H]4C)CC3)c21. The van der Waals surface area contributed by atoms with Crippen LogP contribution in [0, 0.1) is 5.92 Å². The van der Waals surface area contributed by atoms with E-state index in [2.05, 4.69) is 22.9 Å². The Bertz CT molecular complexity index is 1000. The Morgan fingerprint density at radius 3 is 2.44 bits per heavy atom.